The Morgan fingerprint density at radius 2 is 2.00 bits per heavy atom. The Bertz CT molecular complexity index is 599. The van der Waals surface area contributed by atoms with Gasteiger partial charge in [0.25, 0.3) is 0 Å². The van der Waals surface area contributed by atoms with E-state index >= 15 is 0 Å². The van der Waals surface area contributed by atoms with Gasteiger partial charge in [0.05, 0.1) is 6.33 Å². The van der Waals surface area contributed by atoms with Crippen molar-refractivity contribution in [3.05, 3.63) is 48.0 Å². The molecule has 2 aromatic rings. The van der Waals surface area contributed by atoms with Crippen LogP contribution in [0.2, 0.25) is 0 Å². The third-order valence-corrected chi connectivity index (χ3v) is 5.12. The van der Waals surface area contributed by atoms with Crippen LogP contribution in [0.25, 0.3) is 0 Å². The molecule has 4 rings (SSSR count). The Balaban J connectivity index is 1.30. The molecule has 4 heteroatoms. The molecule has 116 valence electrons. The number of hydrogen-bond donors (Lipinski definition) is 1. The van der Waals surface area contributed by atoms with E-state index in [-0.39, 0.29) is 0 Å². The Morgan fingerprint density at radius 3 is 2.82 bits per heavy atom. The molecule has 1 N–H and O–H groups in total. The minimum absolute atomic E-state index is 0.837. The first-order chi connectivity index (χ1) is 10.9. The summed E-state index contributed by atoms with van der Waals surface area (Å²) in [6.07, 6.45) is 7.55. The van der Waals surface area contributed by atoms with E-state index < -0.39 is 0 Å². The van der Waals surface area contributed by atoms with E-state index in [2.05, 4.69) is 44.0 Å². The number of likely N-dealkylation sites (tertiary alicyclic amines) is 1. The van der Waals surface area contributed by atoms with Crippen LogP contribution >= 0.6 is 0 Å². The molecule has 0 spiro atoms. The third-order valence-electron chi connectivity index (χ3n) is 5.12. The number of nitrogens with one attached hydrogen (secondary N) is 1. The van der Waals surface area contributed by atoms with Crippen LogP contribution in [0.5, 0.6) is 0 Å². The first-order valence-corrected chi connectivity index (χ1v) is 8.41. The van der Waals surface area contributed by atoms with Gasteiger partial charge in [-0.3, -0.25) is 4.90 Å². The normalized spacial score (nSPS) is 19.5. The van der Waals surface area contributed by atoms with Gasteiger partial charge < -0.3 is 9.88 Å². The van der Waals surface area contributed by atoms with E-state index in [1.54, 1.807) is 6.33 Å². The summed E-state index contributed by atoms with van der Waals surface area (Å²) in [7, 11) is 0. The number of para-hydroxylation sites is 1. The van der Waals surface area contributed by atoms with Crippen LogP contribution in [-0.2, 0) is 13.0 Å². The maximum absolute atomic E-state index is 4.10. The molecule has 0 radical (unpaired) electrons. The second-order valence-corrected chi connectivity index (χ2v) is 6.62. The molecule has 1 fully saturated rings. The van der Waals surface area contributed by atoms with E-state index in [4.69, 9.17) is 0 Å². The maximum Gasteiger partial charge on any atom is 0.0922 e. The zero-order valence-corrected chi connectivity index (χ0v) is 13.0. The number of anilines is 1. The summed E-state index contributed by atoms with van der Waals surface area (Å²) in [5.74, 6) is 0.837. The zero-order chi connectivity index (χ0) is 14.8. The molecule has 2 aliphatic heterocycles. The van der Waals surface area contributed by atoms with Gasteiger partial charge in [-0.1, -0.05) is 18.2 Å². The van der Waals surface area contributed by atoms with E-state index in [1.165, 1.54) is 62.4 Å². The van der Waals surface area contributed by atoms with E-state index in [0.717, 1.165) is 12.5 Å². The molecule has 0 unspecified atom stereocenters. The van der Waals surface area contributed by atoms with Gasteiger partial charge in [-0.15, -0.1) is 0 Å². The molecular formula is C18H24N4. The van der Waals surface area contributed by atoms with Crippen LogP contribution < -0.4 is 4.90 Å². The van der Waals surface area contributed by atoms with E-state index in [9.17, 15) is 0 Å². The van der Waals surface area contributed by atoms with Crippen LogP contribution in [0.3, 0.4) is 0 Å². The topological polar surface area (TPSA) is 35.2 Å². The van der Waals surface area contributed by atoms with Crippen LogP contribution in [0.1, 0.15) is 24.1 Å². The highest BCUT2D eigenvalue weighted by Gasteiger charge is 2.25. The van der Waals surface area contributed by atoms with Crippen LogP contribution in [0.15, 0.2) is 36.8 Å². The second-order valence-electron chi connectivity index (χ2n) is 6.62. The van der Waals surface area contributed by atoms with Crippen molar-refractivity contribution in [3.63, 3.8) is 0 Å². The Morgan fingerprint density at radius 1 is 1.14 bits per heavy atom. The monoisotopic (exact) mass is 296 g/mol. The Kier molecular flexibility index (Phi) is 3.85. The molecule has 0 saturated carbocycles. The number of H-pyrrole nitrogens is 1. The fourth-order valence-corrected chi connectivity index (χ4v) is 3.85. The molecule has 0 atom stereocenters. The summed E-state index contributed by atoms with van der Waals surface area (Å²) in [4.78, 5) is 12.5. The van der Waals surface area contributed by atoms with Gasteiger partial charge in [-0.2, -0.15) is 0 Å². The lowest BCUT2D eigenvalue weighted by atomic mass is 9.96. The number of aromatic amines is 1. The molecule has 1 aromatic carbocycles. The number of fused-ring (bicyclic) bond motifs is 1. The van der Waals surface area contributed by atoms with Crippen molar-refractivity contribution in [2.45, 2.75) is 25.8 Å². The van der Waals surface area contributed by atoms with E-state index in [0.29, 0.717) is 0 Å². The van der Waals surface area contributed by atoms with Gasteiger partial charge in [0, 0.05) is 37.2 Å². The Hall–Kier alpha value is -1.81. The number of imidazole rings is 1. The van der Waals surface area contributed by atoms with Crippen molar-refractivity contribution in [2.24, 2.45) is 5.92 Å². The Labute approximate surface area is 132 Å². The van der Waals surface area contributed by atoms with Crippen molar-refractivity contribution in [3.8, 4) is 0 Å². The fourth-order valence-electron chi connectivity index (χ4n) is 3.85. The van der Waals surface area contributed by atoms with Gasteiger partial charge in [0.1, 0.15) is 0 Å². The molecule has 3 heterocycles. The van der Waals surface area contributed by atoms with Crippen LogP contribution in [0, 0.1) is 5.92 Å². The predicted molar refractivity (Wildman–Crippen MR) is 88.9 cm³/mol. The minimum atomic E-state index is 0.837. The number of hydrogen-bond acceptors (Lipinski definition) is 3. The molecule has 1 saturated heterocycles. The summed E-state index contributed by atoms with van der Waals surface area (Å²) in [5, 5.41) is 0. The quantitative estimate of drug-likeness (QED) is 0.942. The third kappa shape index (κ3) is 2.88. The largest absolute Gasteiger partial charge is 0.371 e. The highest BCUT2D eigenvalue weighted by atomic mass is 15.2. The minimum Gasteiger partial charge on any atom is -0.371 e. The average Bonchev–Trinajstić information content (AvgIpc) is 3.20. The van der Waals surface area contributed by atoms with Gasteiger partial charge in [-0.25, -0.2) is 4.98 Å². The van der Waals surface area contributed by atoms with Crippen molar-refractivity contribution in [1.82, 2.24) is 14.9 Å². The number of benzene rings is 1. The molecule has 2 aliphatic rings. The second kappa shape index (κ2) is 6.13. The molecule has 1 aromatic heterocycles. The number of piperidine rings is 1. The van der Waals surface area contributed by atoms with Crippen molar-refractivity contribution in [2.75, 3.05) is 31.1 Å². The zero-order valence-electron chi connectivity index (χ0n) is 13.0. The summed E-state index contributed by atoms with van der Waals surface area (Å²) in [5.41, 5.74) is 4.23. The standard InChI is InChI=1S/C18H24N4/c1-2-4-18-16(3-1)7-10-22(18)12-15-5-8-21(9-6-15)13-17-11-19-14-20-17/h1-4,11,14-15H,5-10,12-13H2,(H,19,20). The van der Waals surface area contributed by atoms with Gasteiger partial charge in [0.15, 0.2) is 0 Å². The van der Waals surface area contributed by atoms with Crippen LogP contribution in [0.4, 0.5) is 5.69 Å². The fraction of sp³-hybridized carbons (Fsp3) is 0.500. The highest BCUT2D eigenvalue weighted by molar-refractivity contribution is 5.57. The number of nitrogens with zero attached hydrogens (tertiary/aromatic N) is 3. The highest BCUT2D eigenvalue weighted by Crippen LogP contribution is 2.30. The summed E-state index contributed by atoms with van der Waals surface area (Å²) in [6, 6.07) is 8.90. The summed E-state index contributed by atoms with van der Waals surface area (Å²) >= 11 is 0. The molecule has 4 nitrogen and oxygen atoms in total. The number of rotatable bonds is 4. The van der Waals surface area contributed by atoms with Crippen LogP contribution in [-0.4, -0.2) is 41.0 Å². The molecule has 22 heavy (non-hydrogen) atoms. The lowest BCUT2D eigenvalue weighted by Gasteiger charge is -2.34. The lowest BCUT2D eigenvalue weighted by molar-refractivity contribution is 0.178. The predicted octanol–water partition coefficient (Wildman–Crippen LogP) is 2.68. The lowest BCUT2D eigenvalue weighted by Crippen LogP contribution is -2.38. The van der Waals surface area contributed by atoms with Crippen molar-refractivity contribution < 1.29 is 0 Å². The molecular weight excluding hydrogens is 272 g/mol. The SMILES string of the molecule is c1ccc2c(c1)CCN2CC1CCN(Cc2cnc[nH]2)CC1. The maximum atomic E-state index is 4.10. The van der Waals surface area contributed by atoms with Crippen molar-refractivity contribution in [1.29, 1.82) is 0 Å². The molecule has 0 amide bonds. The van der Waals surface area contributed by atoms with Gasteiger partial charge in [0.2, 0.25) is 0 Å². The molecule has 0 bridgehead atoms. The number of aromatic nitrogens is 2. The first-order valence-electron chi connectivity index (χ1n) is 8.41. The molecule has 0 aliphatic carbocycles. The van der Waals surface area contributed by atoms with Gasteiger partial charge in [-0.05, 0) is 49.9 Å². The first kappa shape index (κ1) is 13.8. The summed E-state index contributed by atoms with van der Waals surface area (Å²) in [6.45, 7) is 5.86. The smallest absolute Gasteiger partial charge is 0.0922 e. The average molecular weight is 296 g/mol. The van der Waals surface area contributed by atoms with Crippen molar-refractivity contribution >= 4 is 5.69 Å². The van der Waals surface area contributed by atoms with E-state index in [1.807, 2.05) is 6.20 Å². The summed E-state index contributed by atoms with van der Waals surface area (Å²) < 4.78 is 0. The van der Waals surface area contributed by atoms with Gasteiger partial charge >= 0.3 is 0 Å².